The van der Waals surface area contributed by atoms with Gasteiger partial charge in [-0.05, 0) is 18.6 Å². The molecule has 2 aromatic heterocycles. The minimum absolute atomic E-state index is 0.133. The molecule has 0 aromatic carbocycles. The first-order valence-corrected chi connectivity index (χ1v) is 8.82. The van der Waals surface area contributed by atoms with Crippen LogP contribution in [0.2, 0.25) is 0 Å². The number of pyridine rings is 1. The number of carbonyl (C=O) groups is 2. The van der Waals surface area contributed by atoms with Crippen LogP contribution in [0.4, 0.5) is 0 Å². The predicted molar refractivity (Wildman–Crippen MR) is 91.8 cm³/mol. The second-order valence-corrected chi connectivity index (χ2v) is 6.52. The molecule has 4 heterocycles. The number of morpholine rings is 1. The minimum atomic E-state index is -1.05. The van der Waals surface area contributed by atoms with E-state index in [-0.39, 0.29) is 30.7 Å². The molecule has 0 aliphatic carbocycles. The maximum Gasteiger partial charge on any atom is 0.291 e. The normalized spacial score (nSPS) is 23.3. The first-order chi connectivity index (χ1) is 13.2. The van der Waals surface area contributed by atoms with Crippen molar-refractivity contribution in [3.05, 3.63) is 48.4 Å². The molecule has 0 radical (unpaired) electrons. The molecule has 0 saturated carbocycles. The van der Waals surface area contributed by atoms with Gasteiger partial charge in [-0.1, -0.05) is 0 Å². The molecule has 2 saturated heterocycles. The summed E-state index contributed by atoms with van der Waals surface area (Å²) in [7, 11) is 0. The molecule has 2 aliphatic rings. The second kappa shape index (κ2) is 7.45. The smallest absolute Gasteiger partial charge is 0.291 e. The zero-order valence-electron chi connectivity index (χ0n) is 14.7. The molecule has 142 valence electrons. The van der Waals surface area contributed by atoms with Gasteiger partial charge in [0.15, 0.2) is 6.39 Å². The average molecular weight is 372 g/mol. The van der Waals surface area contributed by atoms with E-state index in [0.717, 1.165) is 0 Å². The van der Waals surface area contributed by atoms with Crippen LogP contribution in [0.1, 0.15) is 27.3 Å². The highest BCUT2D eigenvalue weighted by Gasteiger charge is 2.43. The van der Waals surface area contributed by atoms with Crippen LogP contribution in [0.15, 0.2) is 41.5 Å². The monoisotopic (exact) mass is 372 g/mol. The highest BCUT2D eigenvalue weighted by Crippen LogP contribution is 2.26. The van der Waals surface area contributed by atoms with Gasteiger partial charge in [0.05, 0.1) is 38.1 Å². The van der Waals surface area contributed by atoms with Crippen LogP contribution < -0.4 is 0 Å². The van der Waals surface area contributed by atoms with Gasteiger partial charge >= 0.3 is 0 Å². The molecule has 9 heteroatoms. The number of oxazole rings is 1. The summed E-state index contributed by atoms with van der Waals surface area (Å²) >= 11 is 0. The van der Waals surface area contributed by atoms with Crippen molar-refractivity contribution in [3.8, 4) is 0 Å². The number of carbonyl (C=O) groups excluding carboxylic acids is 2. The third kappa shape index (κ3) is 3.69. The van der Waals surface area contributed by atoms with Crippen LogP contribution in [-0.4, -0.2) is 76.8 Å². The molecular weight excluding hydrogens is 352 g/mol. The molecule has 27 heavy (non-hydrogen) atoms. The standard InChI is InChI=1S/C18H20N4O5/c23-16(14-3-1-4-19-9-14)22-6-8-27-18(12-22)11-21(5-2-7-26-18)17(24)15-10-20-13-25-15/h1,3-4,9-10,13H,2,5-8,11-12H2. The fraction of sp³-hybridized carbons (Fsp3) is 0.444. The number of hydrogen-bond donors (Lipinski definition) is 0. The van der Waals surface area contributed by atoms with Gasteiger partial charge in [0.25, 0.3) is 11.8 Å². The quantitative estimate of drug-likeness (QED) is 0.769. The molecule has 0 N–H and O–H groups in total. The minimum Gasteiger partial charge on any atom is -0.438 e. The zero-order chi connectivity index (χ0) is 18.7. The lowest BCUT2D eigenvalue weighted by molar-refractivity contribution is -0.258. The van der Waals surface area contributed by atoms with E-state index in [9.17, 15) is 9.59 Å². The Bertz CT molecular complexity index is 797. The van der Waals surface area contributed by atoms with Crippen molar-refractivity contribution in [1.29, 1.82) is 0 Å². The van der Waals surface area contributed by atoms with Crippen LogP contribution >= 0.6 is 0 Å². The Labute approximate surface area is 155 Å². The molecule has 1 atom stereocenters. The molecule has 2 aromatic rings. The highest BCUT2D eigenvalue weighted by molar-refractivity contribution is 5.94. The number of ether oxygens (including phenoxy) is 2. The van der Waals surface area contributed by atoms with E-state index >= 15 is 0 Å². The summed E-state index contributed by atoms with van der Waals surface area (Å²) in [4.78, 5) is 36.6. The third-order valence-corrected chi connectivity index (χ3v) is 4.65. The molecule has 1 unspecified atom stereocenters. The van der Waals surface area contributed by atoms with Gasteiger partial charge in [-0.25, -0.2) is 4.98 Å². The number of nitrogens with zero attached hydrogens (tertiary/aromatic N) is 4. The average Bonchev–Trinajstić information content (AvgIpc) is 3.17. The predicted octanol–water partition coefficient (Wildman–Crippen LogP) is 0.801. The Balaban J connectivity index is 1.52. The van der Waals surface area contributed by atoms with E-state index in [4.69, 9.17) is 13.9 Å². The first-order valence-electron chi connectivity index (χ1n) is 8.82. The number of amides is 2. The van der Waals surface area contributed by atoms with Crippen molar-refractivity contribution in [2.24, 2.45) is 0 Å². The fourth-order valence-electron chi connectivity index (χ4n) is 3.37. The molecule has 2 aliphatic heterocycles. The summed E-state index contributed by atoms with van der Waals surface area (Å²) in [6, 6.07) is 3.45. The van der Waals surface area contributed by atoms with Crippen LogP contribution in [-0.2, 0) is 9.47 Å². The van der Waals surface area contributed by atoms with Crippen molar-refractivity contribution < 1.29 is 23.5 Å². The lowest BCUT2D eigenvalue weighted by Crippen LogP contribution is -2.59. The Morgan fingerprint density at radius 1 is 1.00 bits per heavy atom. The van der Waals surface area contributed by atoms with E-state index < -0.39 is 5.79 Å². The maximum atomic E-state index is 12.8. The van der Waals surface area contributed by atoms with Crippen molar-refractivity contribution in [3.63, 3.8) is 0 Å². The van der Waals surface area contributed by atoms with Gasteiger partial charge < -0.3 is 23.7 Å². The van der Waals surface area contributed by atoms with Gasteiger partial charge in [-0.3, -0.25) is 14.6 Å². The van der Waals surface area contributed by atoms with Crippen molar-refractivity contribution in [2.45, 2.75) is 12.2 Å². The summed E-state index contributed by atoms with van der Waals surface area (Å²) in [5, 5.41) is 0. The topological polar surface area (TPSA) is 98.0 Å². The third-order valence-electron chi connectivity index (χ3n) is 4.65. The van der Waals surface area contributed by atoms with Crippen molar-refractivity contribution in [2.75, 3.05) is 39.4 Å². The van der Waals surface area contributed by atoms with Gasteiger partial charge in [0, 0.05) is 25.5 Å². The van der Waals surface area contributed by atoms with Crippen LogP contribution in [0.25, 0.3) is 0 Å². The highest BCUT2D eigenvalue weighted by atomic mass is 16.7. The molecule has 1 spiro atoms. The lowest BCUT2D eigenvalue weighted by atomic mass is 10.1. The molecule has 9 nitrogen and oxygen atoms in total. The number of hydrogen-bond acceptors (Lipinski definition) is 7. The van der Waals surface area contributed by atoms with Crippen LogP contribution in [0.5, 0.6) is 0 Å². The van der Waals surface area contributed by atoms with E-state index in [1.807, 2.05) is 0 Å². The fourth-order valence-corrected chi connectivity index (χ4v) is 3.37. The summed E-state index contributed by atoms with van der Waals surface area (Å²) in [5.74, 6) is -1.28. The van der Waals surface area contributed by atoms with Gasteiger partial charge in [0.2, 0.25) is 11.5 Å². The van der Waals surface area contributed by atoms with Crippen LogP contribution in [0.3, 0.4) is 0 Å². The first kappa shape index (κ1) is 17.6. The SMILES string of the molecule is O=C(c1cccnc1)N1CCOC2(C1)CN(C(=O)c1cnco1)CCCO2. The van der Waals surface area contributed by atoms with E-state index in [0.29, 0.717) is 38.3 Å². The molecular formula is C18H20N4O5. The Hall–Kier alpha value is -2.78. The van der Waals surface area contributed by atoms with Gasteiger partial charge in [-0.15, -0.1) is 0 Å². The molecule has 2 amide bonds. The van der Waals surface area contributed by atoms with E-state index in [1.165, 1.54) is 18.8 Å². The summed E-state index contributed by atoms with van der Waals surface area (Å²) < 4.78 is 17.0. The summed E-state index contributed by atoms with van der Waals surface area (Å²) in [5.41, 5.74) is 0.512. The number of aromatic nitrogens is 2. The van der Waals surface area contributed by atoms with E-state index in [2.05, 4.69) is 9.97 Å². The summed E-state index contributed by atoms with van der Waals surface area (Å²) in [6.45, 7) is 2.19. The van der Waals surface area contributed by atoms with Crippen molar-refractivity contribution in [1.82, 2.24) is 19.8 Å². The molecule has 4 rings (SSSR count). The second-order valence-electron chi connectivity index (χ2n) is 6.52. The zero-order valence-corrected chi connectivity index (χ0v) is 14.7. The Morgan fingerprint density at radius 3 is 2.56 bits per heavy atom. The Morgan fingerprint density at radius 2 is 1.81 bits per heavy atom. The largest absolute Gasteiger partial charge is 0.438 e. The Kier molecular flexibility index (Phi) is 4.87. The van der Waals surface area contributed by atoms with Crippen LogP contribution in [0, 0.1) is 0 Å². The van der Waals surface area contributed by atoms with E-state index in [1.54, 1.807) is 28.1 Å². The van der Waals surface area contributed by atoms with Crippen molar-refractivity contribution >= 4 is 11.8 Å². The number of rotatable bonds is 2. The molecule has 0 bridgehead atoms. The van der Waals surface area contributed by atoms with Gasteiger partial charge in [-0.2, -0.15) is 0 Å². The maximum absolute atomic E-state index is 12.8. The van der Waals surface area contributed by atoms with Gasteiger partial charge in [0.1, 0.15) is 0 Å². The lowest BCUT2D eigenvalue weighted by Gasteiger charge is -2.43. The molecule has 2 fully saturated rings. The summed E-state index contributed by atoms with van der Waals surface area (Å²) in [6.07, 6.45) is 6.45.